The van der Waals surface area contributed by atoms with Crippen LogP contribution in [0.4, 0.5) is 10.1 Å². The second-order valence-corrected chi connectivity index (χ2v) is 5.96. The molecular formula is C17H17ClFN. The zero-order valence-corrected chi connectivity index (χ0v) is 12.1. The zero-order valence-electron chi connectivity index (χ0n) is 11.4. The standard InChI is InChI=1S/C17H17ClFN/c1-11-3-2-4-12(7-11)13-8-15(9-13)20-17-10-14(19)5-6-16(17)18/h2-7,10,13,15,20H,8-9H2,1H3. The van der Waals surface area contributed by atoms with Crippen LogP contribution < -0.4 is 5.32 Å². The normalized spacial score (nSPS) is 21.4. The van der Waals surface area contributed by atoms with Gasteiger partial charge in [0.1, 0.15) is 5.82 Å². The monoisotopic (exact) mass is 289 g/mol. The van der Waals surface area contributed by atoms with Crippen LogP contribution in [-0.4, -0.2) is 6.04 Å². The Balaban J connectivity index is 1.62. The lowest BCUT2D eigenvalue weighted by molar-refractivity contribution is 0.374. The van der Waals surface area contributed by atoms with E-state index < -0.39 is 0 Å². The molecule has 0 amide bonds. The third-order valence-electron chi connectivity index (χ3n) is 3.94. The van der Waals surface area contributed by atoms with Gasteiger partial charge >= 0.3 is 0 Å². The highest BCUT2D eigenvalue weighted by molar-refractivity contribution is 6.33. The van der Waals surface area contributed by atoms with Crippen LogP contribution in [0.5, 0.6) is 0 Å². The molecule has 0 bridgehead atoms. The van der Waals surface area contributed by atoms with E-state index in [0.717, 1.165) is 12.8 Å². The summed E-state index contributed by atoms with van der Waals surface area (Å²) in [5.74, 6) is 0.339. The average Bonchev–Trinajstić information content (AvgIpc) is 2.37. The van der Waals surface area contributed by atoms with Crippen molar-refractivity contribution in [2.24, 2.45) is 0 Å². The van der Waals surface area contributed by atoms with Crippen LogP contribution in [0, 0.1) is 12.7 Å². The molecular weight excluding hydrogens is 273 g/mol. The average molecular weight is 290 g/mol. The van der Waals surface area contributed by atoms with Crippen molar-refractivity contribution in [3.05, 3.63) is 64.4 Å². The highest BCUT2D eigenvalue weighted by Crippen LogP contribution is 2.39. The first-order chi connectivity index (χ1) is 9.61. The molecule has 2 aromatic carbocycles. The van der Waals surface area contributed by atoms with Crippen molar-refractivity contribution >= 4 is 17.3 Å². The molecule has 3 heteroatoms. The summed E-state index contributed by atoms with van der Waals surface area (Å²) in [5, 5.41) is 3.90. The highest BCUT2D eigenvalue weighted by Gasteiger charge is 2.30. The van der Waals surface area contributed by atoms with Crippen LogP contribution in [0.3, 0.4) is 0 Å². The fourth-order valence-corrected chi connectivity index (χ4v) is 2.93. The van der Waals surface area contributed by atoms with Gasteiger partial charge in [0.15, 0.2) is 0 Å². The fraction of sp³-hybridized carbons (Fsp3) is 0.294. The molecule has 1 aliphatic carbocycles. The van der Waals surface area contributed by atoms with E-state index in [4.69, 9.17) is 11.6 Å². The molecule has 0 aliphatic heterocycles. The van der Waals surface area contributed by atoms with Crippen LogP contribution in [0.2, 0.25) is 5.02 Å². The van der Waals surface area contributed by atoms with E-state index in [1.54, 1.807) is 6.07 Å². The Morgan fingerprint density at radius 1 is 1.15 bits per heavy atom. The molecule has 3 rings (SSSR count). The van der Waals surface area contributed by atoms with Crippen LogP contribution in [0.15, 0.2) is 42.5 Å². The molecule has 1 aliphatic rings. The maximum Gasteiger partial charge on any atom is 0.125 e. The smallest absolute Gasteiger partial charge is 0.125 e. The van der Waals surface area contributed by atoms with Crippen LogP contribution in [-0.2, 0) is 0 Å². The van der Waals surface area contributed by atoms with Gasteiger partial charge in [-0.05, 0) is 49.4 Å². The Morgan fingerprint density at radius 3 is 2.70 bits per heavy atom. The largest absolute Gasteiger partial charge is 0.381 e. The molecule has 2 aromatic rings. The van der Waals surface area contributed by atoms with Crippen molar-refractivity contribution in [3.8, 4) is 0 Å². The minimum atomic E-state index is -0.258. The zero-order chi connectivity index (χ0) is 14.1. The van der Waals surface area contributed by atoms with E-state index >= 15 is 0 Å². The molecule has 1 saturated carbocycles. The molecule has 0 radical (unpaired) electrons. The van der Waals surface area contributed by atoms with E-state index in [9.17, 15) is 4.39 Å². The number of nitrogens with one attached hydrogen (secondary N) is 1. The summed E-state index contributed by atoms with van der Waals surface area (Å²) in [6.45, 7) is 2.12. The third kappa shape index (κ3) is 2.80. The van der Waals surface area contributed by atoms with Gasteiger partial charge in [0, 0.05) is 6.04 Å². The predicted molar refractivity (Wildman–Crippen MR) is 82.0 cm³/mol. The maximum atomic E-state index is 13.2. The lowest BCUT2D eigenvalue weighted by Gasteiger charge is -2.37. The number of hydrogen-bond acceptors (Lipinski definition) is 1. The van der Waals surface area contributed by atoms with Crippen molar-refractivity contribution in [2.75, 3.05) is 5.32 Å². The molecule has 0 heterocycles. The van der Waals surface area contributed by atoms with Gasteiger partial charge in [-0.1, -0.05) is 41.4 Å². The van der Waals surface area contributed by atoms with Gasteiger partial charge in [-0.3, -0.25) is 0 Å². The Morgan fingerprint density at radius 2 is 1.95 bits per heavy atom. The molecule has 0 unspecified atom stereocenters. The number of halogens is 2. The van der Waals surface area contributed by atoms with Gasteiger partial charge in [-0.25, -0.2) is 4.39 Å². The van der Waals surface area contributed by atoms with Gasteiger partial charge in [-0.2, -0.15) is 0 Å². The molecule has 0 saturated heterocycles. The first-order valence-electron chi connectivity index (χ1n) is 6.90. The summed E-state index contributed by atoms with van der Waals surface area (Å²) >= 11 is 6.07. The lowest BCUT2D eigenvalue weighted by atomic mass is 9.75. The quantitative estimate of drug-likeness (QED) is 0.824. The maximum absolute atomic E-state index is 13.2. The second kappa shape index (κ2) is 5.45. The first-order valence-corrected chi connectivity index (χ1v) is 7.28. The van der Waals surface area contributed by atoms with Crippen LogP contribution in [0.25, 0.3) is 0 Å². The Bertz CT molecular complexity index is 620. The summed E-state index contributed by atoms with van der Waals surface area (Å²) in [6, 6.07) is 13.5. The van der Waals surface area contributed by atoms with Crippen LogP contribution >= 0.6 is 11.6 Å². The Labute approximate surface area is 123 Å². The van der Waals surface area contributed by atoms with E-state index in [2.05, 4.69) is 36.5 Å². The topological polar surface area (TPSA) is 12.0 Å². The van der Waals surface area contributed by atoms with Gasteiger partial charge < -0.3 is 5.32 Å². The van der Waals surface area contributed by atoms with Crippen molar-refractivity contribution < 1.29 is 4.39 Å². The summed E-state index contributed by atoms with van der Waals surface area (Å²) in [4.78, 5) is 0. The molecule has 0 atom stereocenters. The second-order valence-electron chi connectivity index (χ2n) is 5.55. The predicted octanol–water partition coefficient (Wildman–Crippen LogP) is 5.15. The Hall–Kier alpha value is -1.54. The van der Waals surface area contributed by atoms with Gasteiger partial charge in [-0.15, -0.1) is 0 Å². The fourth-order valence-electron chi connectivity index (χ4n) is 2.76. The van der Waals surface area contributed by atoms with E-state index in [0.29, 0.717) is 22.7 Å². The van der Waals surface area contributed by atoms with Crippen molar-refractivity contribution in [1.29, 1.82) is 0 Å². The summed E-state index contributed by atoms with van der Waals surface area (Å²) in [7, 11) is 0. The van der Waals surface area contributed by atoms with E-state index in [-0.39, 0.29) is 5.82 Å². The SMILES string of the molecule is Cc1cccc(C2CC(Nc3cc(F)ccc3Cl)C2)c1. The van der Waals surface area contributed by atoms with E-state index in [1.807, 2.05) is 0 Å². The third-order valence-corrected chi connectivity index (χ3v) is 4.27. The molecule has 20 heavy (non-hydrogen) atoms. The number of hydrogen-bond donors (Lipinski definition) is 1. The summed E-state index contributed by atoms with van der Waals surface area (Å²) < 4.78 is 13.2. The van der Waals surface area contributed by atoms with Crippen LogP contribution in [0.1, 0.15) is 29.9 Å². The summed E-state index contributed by atoms with van der Waals surface area (Å²) in [6.07, 6.45) is 2.13. The molecule has 0 spiro atoms. The molecule has 104 valence electrons. The van der Waals surface area contributed by atoms with Crippen molar-refractivity contribution in [2.45, 2.75) is 31.7 Å². The summed E-state index contributed by atoms with van der Waals surface area (Å²) in [5.41, 5.74) is 3.39. The van der Waals surface area contributed by atoms with Gasteiger partial charge in [0.05, 0.1) is 10.7 Å². The molecule has 0 aromatic heterocycles. The minimum Gasteiger partial charge on any atom is -0.381 e. The molecule has 1 N–H and O–H groups in total. The number of rotatable bonds is 3. The highest BCUT2D eigenvalue weighted by atomic mass is 35.5. The molecule has 1 fully saturated rings. The molecule has 1 nitrogen and oxygen atoms in total. The minimum absolute atomic E-state index is 0.258. The van der Waals surface area contributed by atoms with E-state index in [1.165, 1.54) is 23.3 Å². The first kappa shape index (κ1) is 13.4. The van der Waals surface area contributed by atoms with Crippen molar-refractivity contribution in [3.63, 3.8) is 0 Å². The number of anilines is 1. The van der Waals surface area contributed by atoms with Gasteiger partial charge in [0.2, 0.25) is 0 Å². The van der Waals surface area contributed by atoms with Crippen molar-refractivity contribution in [1.82, 2.24) is 0 Å². The lowest BCUT2D eigenvalue weighted by Crippen LogP contribution is -2.34. The number of benzene rings is 2. The Kier molecular flexibility index (Phi) is 3.66. The van der Waals surface area contributed by atoms with Gasteiger partial charge in [0.25, 0.3) is 0 Å². The number of aryl methyl sites for hydroxylation is 1.